The highest BCUT2D eigenvalue weighted by molar-refractivity contribution is 5.96. The van der Waals surface area contributed by atoms with E-state index in [0.29, 0.717) is 17.7 Å². The van der Waals surface area contributed by atoms with Crippen LogP contribution in [-0.2, 0) is 9.59 Å². The molecule has 0 saturated carbocycles. The number of carbonyl (C=O) groups excluding carboxylic acids is 3. The van der Waals surface area contributed by atoms with Crippen LogP contribution in [0.5, 0.6) is 5.75 Å². The number of hydrogen-bond acceptors (Lipinski definition) is 5. The van der Waals surface area contributed by atoms with Crippen LogP contribution >= 0.6 is 0 Å². The monoisotopic (exact) mass is 345 g/mol. The molecule has 0 spiro atoms. The molecular formula is C18H21N2O5-. The van der Waals surface area contributed by atoms with Crippen molar-refractivity contribution in [3.8, 4) is 5.75 Å². The average Bonchev–Trinajstić information content (AvgIpc) is 2.61. The van der Waals surface area contributed by atoms with Gasteiger partial charge in [0.25, 0.3) is 5.91 Å². The van der Waals surface area contributed by atoms with E-state index in [0.717, 1.165) is 11.1 Å². The molecule has 0 heterocycles. The van der Waals surface area contributed by atoms with Crippen molar-refractivity contribution >= 4 is 17.8 Å². The Bertz CT molecular complexity index is 726. The first-order valence-corrected chi connectivity index (χ1v) is 7.93. The first kappa shape index (κ1) is 18.5. The van der Waals surface area contributed by atoms with E-state index in [4.69, 9.17) is 4.74 Å². The van der Waals surface area contributed by atoms with Crippen molar-refractivity contribution < 1.29 is 24.2 Å². The van der Waals surface area contributed by atoms with E-state index in [-0.39, 0.29) is 6.42 Å². The highest BCUT2D eigenvalue weighted by Gasteiger charge is 2.33. The minimum absolute atomic E-state index is 0.274. The largest absolute Gasteiger partial charge is 0.550 e. The predicted molar refractivity (Wildman–Crippen MR) is 88.2 cm³/mol. The summed E-state index contributed by atoms with van der Waals surface area (Å²) < 4.78 is 5.04. The van der Waals surface area contributed by atoms with Gasteiger partial charge in [0.15, 0.2) is 0 Å². The second kappa shape index (κ2) is 7.83. The van der Waals surface area contributed by atoms with E-state index >= 15 is 0 Å². The Balaban J connectivity index is 2.03. The highest BCUT2D eigenvalue weighted by Crippen LogP contribution is 2.33. The van der Waals surface area contributed by atoms with Crippen molar-refractivity contribution in [1.29, 1.82) is 0 Å². The highest BCUT2D eigenvalue weighted by atomic mass is 16.5. The Labute approximate surface area is 146 Å². The van der Waals surface area contributed by atoms with Gasteiger partial charge in [0.1, 0.15) is 5.75 Å². The summed E-state index contributed by atoms with van der Waals surface area (Å²) in [5.41, 5.74) is 6.88. The zero-order chi connectivity index (χ0) is 18.6. The molecule has 25 heavy (non-hydrogen) atoms. The molecular weight excluding hydrogens is 324 g/mol. The van der Waals surface area contributed by atoms with E-state index in [1.165, 1.54) is 13.2 Å². The molecule has 1 aromatic carbocycles. The SMILES string of the molecule is COc1cccc(C(=O)NNC(=O)[C@@H]2CC(C)=C(C)C[C@H]2C(=O)[O-])c1. The number of amides is 2. The van der Waals surface area contributed by atoms with Crippen LogP contribution in [0.2, 0.25) is 0 Å². The molecule has 134 valence electrons. The summed E-state index contributed by atoms with van der Waals surface area (Å²) in [6, 6.07) is 6.45. The Hall–Kier alpha value is -2.83. The molecule has 2 amide bonds. The Kier molecular flexibility index (Phi) is 5.80. The van der Waals surface area contributed by atoms with Crippen LogP contribution in [0.1, 0.15) is 37.0 Å². The second-order valence-corrected chi connectivity index (χ2v) is 6.18. The standard InChI is InChI=1S/C18H22N2O5/c1-10-7-14(15(18(23)24)8-11(10)2)17(22)20-19-16(21)12-5-4-6-13(9-12)25-3/h4-6,9,14-15H,7-8H2,1-3H3,(H,19,21)(H,20,22)(H,23,24)/p-1/t14-,15-/m1/s1. The number of nitrogens with one attached hydrogen (secondary N) is 2. The smallest absolute Gasteiger partial charge is 0.269 e. The van der Waals surface area contributed by atoms with Crippen LogP contribution in [0.25, 0.3) is 0 Å². The third-order valence-electron chi connectivity index (χ3n) is 4.54. The van der Waals surface area contributed by atoms with Crippen LogP contribution in [0.15, 0.2) is 35.4 Å². The molecule has 7 heteroatoms. The van der Waals surface area contributed by atoms with E-state index < -0.39 is 29.6 Å². The van der Waals surface area contributed by atoms with Crippen LogP contribution in [0.3, 0.4) is 0 Å². The Morgan fingerprint density at radius 3 is 2.32 bits per heavy atom. The number of ether oxygens (including phenoxy) is 1. The molecule has 0 aliphatic heterocycles. The van der Waals surface area contributed by atoms with Crippen LogP contribution in [0, 0.1) is 11.8 Å². The van der Waals surface area contributed by atoms with E-state index in [1.54, 1.807) is 18.2 Å². The lowest BCUT2D eigenvalue weighted by molar-refractivity contribution is -0.313. The van der Waals surface area contributed by atoms with Crippen LogP contribution < -0.4 is 20.7 Å². The van der Waals surface area contributed by atoms with Gasteiger partial charge in [-0.1, -0.05) is 17.2 Å². The fourth-order valence-corrected chi connectivity index (χ4v) is 2.86. The summed E-state index contributed by atoms with van der Waals surface area (Å²) in [6.07, 6.45) is 0.599. The quantitative estimate of drug-likeness (QED) is 0.613. The number of hydrogen-bond donors (Lipinski definition) is 2. The number of carboxylic acids is 1. The second-order valence-electron chi connectivity index (χ2n) is 6.18. The number of benzene rings is 1. The summed E-state index contributed by atoms with van der Waals surface area (Å²) in [7, 11) is 1.49. The van der Waals surface area contributed by atoms with Gasteiger partial charge < -0.3 is 14.6 Å². The van der Waals surface area contributed by atoms with Crippen LogP contribution in [-0.4, -0.2) is 24.9 Å². The van der Waals surface area contributed by atoms with Gasteiger partial charge in [0, 0.05) is 17.5 Å². The lowest BCUT2D eigenvalue weighted by Crippen LogP contribution is -2.49. The number of carboxylic acid groups (broad SMARTS) is 1. The molecule has 1 aliphatic carbocycles. The molecule has 0 aromatic heterocycles. The zero-order valence-corrected chi connectivity index (χ0v) is 14.4. The number of hydrazine groups is 1. The normalized spacial score (nSPS) is 20.0. The lowest BCUT2D eigenvalue weighted by atomic mass is 9.76. The topological polar surface area (TPSA) is 108 Å². The maximum absolute atomic E-state index is 12.4. The molecule has 0 unspecified atom stereocenters. The van der Waals surface area contributed by atoms with Crippen molar-refractivity contribution in [2.45, 2.75) is 26.7 Å². The molecule has 1 aromatic rings. The molecule has 2 atom stereocenters. The predicted octanol–water partition coefficient (Wildman–Crippen LogP) is 0.569. The fraction of sp³-hybridized carbons (Fsp3) is 0.389. The molecule has 2 rings (SSSR count). The van der Waals surface area contributed by atoms with Gasteiger partial charge in [-0.25, -0.2) is 0 Å². The summed E-state index contributed by atoms with van der Waals surface area (Å²) in [5, 5.41) is 11.3. The molecule has 0 saturated heterocycles. The Morgan fingerprint density at radius 2 is 1.72 bits per heavy atom. The molecule has 1 aliphatic rings. The van der Waals surface area contributed by atoms with Gasteiger partial charge in [-0.15, -0.1) is 0 Å². The van der Waals surface area contributed by atoms with Crippen molar-refractivity contribution in [3.63, 3.8) is 0 Å². The van der Waals surface area contributed by atoms with E-state index in [9.17, 15) is 19.5 Å². The molecule has 7 nitrogen and oxygen atoms in total. The zero-order valence-electron chi connectivity index (χ0n) is 14.4. The summed E-state index contributed by atoms with van der Waals surface area (Å²) >= 11 is 0. The first-order valence-electron chi connectivity index (χ1n) is 7.93. The number of methoxy groups -OCH3 is 1. The number of carbonyl (C=O) groups is 3. The summed E-state index contributed by atoms with van der Waals surface area (Å²) in [5.74, 6) is -3.49. The van der Waals surface area contributed by atoms with E-state index in [1.807, 2.05) is 13.8 Å². The maximum Gasteiger partial charge on any atom is 0.269 e. The van der Waals surface area contributed by atoms with Crippen molar-refractivity contribution in [2.75, 3.05) is 7.11 Å². The van der Waals surface area contributed by atoms with Crippen molar-refractivity contribution in [3.05, 3.63) is 41.0 Å². The minimum atomic E-state index is -1.26. The lowest BCUT2D eigenvalue weighted by Gasteiger charge is -2.32. The molecule has 2 N–H and O–H groups in total. The van der Waals surface area contributed by atoms with E-state index in [2.05, 4.69) is 10.9 Å². The van der Waals surface area contributed by atoms with Gasteiger partial charge in [-0.2, -0.15) is 0 Å². The minimum Gasteiger partial charge on any atom is -0.550 e. The number of allylic oxidation sites excluding steroid dienone is 2. The first-order chi connectivity index (χ1) is 11.8. The Morgan fingerprint density at radius 1 is 1.08 bits per heavy atom. The van der Waals surface area contributed by atoms with Gasteiger partial charge in [0.2, 0.25) is 5.91 Å². The fourth-order valence-electron chi connectivity index (χ4n) is 2.86. The third kappa shape index (κ3) is 4.37. The maximum atomic E-state index is 12.4. The van der Waals surface area contributed by atoms with Gasteiger partial charge >= 0.3 is 0 Å². The van der Waals surface area contributed by atoms with Gasteiger partial charge in [-0.3, -0.25) is 20.4 Å². The molecule has 0 fully saturated rings. The average molecular weight is 345 g/mol. The summed E-state index contributed by atoms with van der Waals surface area (Å²) in [4.78, 5) is 35.8. The number of rotatable bonds is 4. The molecule has 0 bridgehead atoms. The summed E-state index contributed by atoms with van der Waals surface area (Å²) in [6.45, 7) is 3.72. The van der Waals surface area contributed by atoms with Gasteiger partial charge in [0.05, 0.1) is 13.0 Å². The van der Waals surface area contributed by atoms with Crippen molar-refractivity contribution in [2.24, 2.45) is 11.8 Å². The molecule has 0 radical (unpaired) electrons. The van der Waals surface area contributed by atoms with Crippen molar-refractivity contribution in [1.82, 2.24) is 10.9 Å². The van der Waals surface area contributed by atoms with Gasteiger partial charge in [-0.05, 0) is 44.9 Å². The number of aliphatic carboxylic acids is 1. The third-order valence-corrected chi connectivity index (χ3v) is 4.54. The van der Waals surface area contributed by atoms with Crippen LogP contribution in [0.4, 0.5) is 0 Å².